The SMILES string of the molecule is COc1ccccc1C(=O)Nc1ccc(OCC(=O)NCc2ccccc2Cl)cc1. The minimum Gasteiger partial charge on any atom is -0.496 e. The molecule has 3 aromatic rings. The standard InChI is InChI=1S/C23H21ClN2O4/c1-29-21-9-5-3-7-19(21)23(28)26-17-10-12-18(13-11-17)30-15-22(27)25-14-16-6-2-4-8-20(16)24/h2-13H,14-15H2,1H3,(H,25,27)(H,26,28). The van der Waals surface area contributed by atoms with E-state index in [0.717, 1.165) is 5.56 Å². The number of carbonyl (C=O) groups is 2. The van der Waals surface area contributed by atoms with Gasteiger partial charge in [-0.05, 0) is 48.0 Å². The highest BCUT2D eigenvalue weighted by Gasteiger charge is 2.11. The highest BCUT2D eigenvalue weighted by Crippen LogP contribution is 2.21. The van der Waals surface area contributed by atoms with Gasteiger partial charge in [-0.25, -0.2) is 0 Å². The molecule has 0 saturated carbocycles. The molecular weight excluding hydrogens is 404 g/mol. The Labute approximate surface area is 179 Å². The van der Waals surface area contributed by atoms with Crippen molar-refractivity contribution in [1.29, 1.82) is 0 Å². The summed E-state index contributed by atoms with van der Waals surface area (Å²) >= 11 is 6.07. The molecule has 0 fully saturated rings. The first kappa shape index (κ1) is 21.2. The molecule has 0 bridgehead atoms. The van der Waals surface area contributed by atoms with Gasteiger partial charge in [0.2, 0.25) is 0 Å². The molecule has 0 saturated heterocycles. The van der Waals surface area contributed by atoms with Crippen molar-refractivity contribution >= 4 is 29.1 Å². The molecule has 0 radical (unpaired) electrons. The summed E-state index contributed by atoms with van der Waals surface area (Å²) in [5.41, 5.74) is 1.87. The summed E-state index contributed by atoms with van der Waals surface area (Å²) in [4.78, 5) is 24.4. The predicted molar refractivity (Wildman–Crippen MR) is 116 cm³/mol. The number of carbonyl (C=O) groups excluding carboxylic acids is 2. The number of rotatable bonds is 8. The molecule has 0 aliphatic rings. The van der Waals surface area contributed by atoms with Crippen LogP contribution in [0.1, 0.15) is 15.9 Å². The van der Waals surface area contributed by atoms with E-state index >= 15 is 0 Å². The van der Waals surface area contributed by atoms with Gasteiger partial charge in [0.1, 0.15) is 11.5 Å². The Morgan fingerprint density at radius 1 is 0.933 bits per heavy atom. The van der Waals surface area contributed by atoms with E-state index in [1.807, 2.05) is 18.2 Å². The van der Waals surface area contributed by atoms with Crippen molar-refractivity contribution in [3.05, 3.63) is 88.9 Å². The molecule has 2 N–H and O–H groups in total. The zero-order valence-corrected chi connectivity index (χ0v) is 17.1. The van der Waals surface area contributed by atoms with Crippen molar-refractivity contribution in [2.24, 2.45) is 0 Å². The van der Waals surface area contributed by atoms with Gasteiger partial charge in [0, 0.05) is 17.3 Å². The van der Waals surface area contributed by atoms with E-state index < -0.39 is 0 Å². The van der Waals surface area contributed by atoms with Crippen LogP contribution in [0.3, 0.4) is 0 Å². The molecule has 30 heavy (non-hydrogen) atoms. The Hall–Kier alpha value is -3.51. The van der Waals surface area contributed by atoms with Gasteiger partial charge < -0.3 is 20.1 Å². The van der Waals surface area contributed by atoms with Gasteiger partial charge in [0.15, 0.2) is 6.61 Å². The fraction of sp³-hybridized carbons (Fsp3) is 0.130. The number of anilines is 1. The Balaban J connectivity index is 1.49. The second-order valence-electron chi connectivity index (χ2n) is 6.34. The lowest BCUT2D eigenvalue weighted by Crippen LogP contribution is -2.28. The summed E-state index contributed by atoms with van der Waals surface area (Å²) in [7, 11) is 1.52. The number of hydrogen-bond acceptors (Lipinski definition) is 4. The molecule has 7 heteroatoms. The maximum atomic E-state index is 12.4. The Bertz CT molecular complexity index is 1020. The predicted octanol–water partition coefficient (Wildman–Crippen LogP) is 4.30. The van der Waals surface area contributed by atoms with Gasteiger partial charge in [0.05, 0.1) is 12.7 Å². The van der Waals surface area contributed by atoms with Crippen LogP contribution in [0.15, 0.2) is 72.8 Å². The maximum Gasteiger partial charge on any atom is 0.259 e. The molecule has 0 atom stereocenters. The first-order valence-corrected chi connectivity index (χ1v) is 9.62. The summed E-state index contributed by atoms with van der Waals surface area (Å²) in [6, 6.07) is 21.0. The molecule has 0 spiro atoms. The fourth-order valence-electron chi connectivity index (χ4n) is 2.70. The van der Waals surface area contributed by atoms with E-state index in [-0.39, 0.29) is 18.4 Å². The van der Waals surface area contributed by atoms with Gasteiger partial charge in [-0.1, -0.05) is 41.9 Å². The number of ether oxygens (including phenoxy) is 2. The lowest BCUT2D eigenvalue weighted by molar-refractivity contribution is -0.123. The number of halogens is 1. The molecule has 2 amide bonds. The summed E-state index contributed by atoms with van der Waals surface area (Å²) in [5.74, 6) is 0.472. The van der Waals surface area contributed by atoms with Gasteiger partial charge >= 0.3 is 0 Å². The highest BCUT2D eigenvalue weighted by molar-refractivity contribution is 6.31. The van der Waals surface area contributed by atoms with Gasteiger partial charge in [-0.2, -0.15) is 0 Å². The van der Waals surface area contributed by atoms with Crippen molar-refractivity contribution in [2.75, 3.05) is 19.0 Å². The van der Waals surface area contributed by atoms with Crippen molar-refractivity contribution in [1.82, 2.24) is 5.32 Å². The van der Waals surface area contributed by atoms with E-state index in [1.165, 1.54) is 7.11 Å². The monoisotopic (exact) mass is 424 g/mol. The first-order valence-electron chi connectivity index (χ1n) is 9.24. The number of nitrogens with one attached hydrogen (secondary N) is 2. The smallest absolute Gasteiger partial charge is 0.259 e. The minimum absolute atomic E-state index is 0.128. The van der Waals surface area contributed by atoms with Crippen LogP contribution in [0.25, 0.3) is 0 Å². The normalized spacial score (nSPS) is 10.2. The Morgan fingerprint density at radius 3 is 2.37 bits per heavy atom. The lowest BCUT2D eigenvalue weighted by atomic mass is 10.2. The zero-order chi connectivity index (χ0) is 21.3. The molecule has 0 heterocycles. The van der Waals surface area contributed by atoms with Crippen LogP contribution in [-0.4, -0.2) is 25.5 Å². The van der Waals surface area contributed by atoms with Crippen molar-refractivity contribution in [3.63, 3.8) is 0 Å². The van der Waals surface area contributed by atoms with Gasteiger partial charge in [0.25, 0.3) is 11.8 Å². The second-order valence-corrected chi connectivity index (χ2v) is 6.74. The number of para-hydroxylation sites is 1. The summed E-state index contributed by atoms with van der Waals surface area (Å²) in [6.45, 7) is 0.202. The third-order valence-corrected chi connectivity index (χ3v) is 4.64. The molecule has 0 aliphatic carbocycles. The number of benzene rings is 3. The molecule has 0 aliphatic heterocycles. The minimum atomic E-state index is -0.278. The van der Waals surface area contributed by atoms with Crippen LogP contribution in [0.5, 0.6) is 11.5 Å². The fourth-order valence-corrected chi connectivity index (χ4v) is 2.90. The van der Waals surface area contributed by atoms with Gasteiger partial charge in [-0.3, -0.25) is 9.59 Å². The van der Waals surface area contributed by atoms with Crippen LogP contribution in [0.4, 0.5) is 5.69 Å². The molecular formula is C23H21ClN2O4. The van der Waals surface area contributed by atoms with Crippen LogP contribution in [0.2, 0.25) is 5.02 Å². The molecule has 3 aromatic carbocycles. The average molecular weight is 425 g/mol. The van der Waals surface area contributed by atoms with E-state index in [0.29, 0.717) is 34.3 Å². The van der Waals surface area contributed by atoms with Crippen LogP contribution in [-0.2, 0) is 11.3 Å². The molecule has 154 valence electrons. The number of hydrogen-bond donors (Lipinski definition) is 2. The summed E-state index contributed by atoms with van der Waals surface area (Å²) in [6.07, 6.45) is 0. The molecule has 0 unspecified atom stereocenters. The van der Waals surface area contributed by atoms with E-state index in [4.69, 9.17) is 21.1 Å². The quantitative estimate of drug-likeness (QED) is 0.565. The summed E-state index contributed by atoms with van der Waals surface area (Å²) in [5, 5.41) is 6.16. The topological polar surface area (TPSA) is 76.7 Å². The van der Waals surface area contributed by atoms with Gasteiger partial charge in [-0.15, -0.1) is 0 Å². The van der Waals surface area contributed by atoms with Crippen LogP contribution in [0, 0.1) is 0 Å². The Kier molecular flexibility index (Phi) is 7.29. The maximum absolute atomic E-state index is 12.4. The number of methoxy groups -OCH3 is 1. The largest absolute Gasteiger partial charge is 0.496 e. The number of amides is 2. The first-order chi connectivity index (χ1) is 14.6. The van der Waals surface area contributed by atoms with Crippen LogP contribution < -0.4 is 20.1 Å². The van der Waals surface area contributed by atoms with Crippen LogP contribution >= 0.6 is 11.6 Å². The van der Waals surface area contributed by atoms with Crippen molar-refractivity contribution < 1.29 is 19.1 Å². The lowest BCUT2D eigenvalue weighted by Gasteiger charge is -2.11. The molecule has 3 rings (SSSR count). The highest BCUT2D eigenvalue weighted by atomic mass is 35.5. The zero-order valence-electron chi connectivity index (χ0n) is 16.4. The van der Waals surface area contributed by atoms with Crippen molar-refractivity contribution in [3.8, 4) is 11.5 Å². The molecule has 0 aromatic heterocycles. The van der Waals surface area contributed by atoms with E-state index in [9.17, 15) is 9.59 Å². The molecule has 6 nitrogen and oxygen atoms in total. The van der Waals surface area contributed by atoms with E-state index in [1.54, 1.807) is 54.6 Å². The third kappa shape index (κ3) is 5.75. The summed E-state index contributed by atoms with van der Waals surface area (Å²) < 4.78 is 10.7. The average Bonchev–Trinajstić information content (AvgIpc) is 2.78. The third-order valence-electron chi connectivity index (χ3n) is 4.27. The van der Waals surface area contributed by atoms with E-state index in [2.05, 4.69) is 10.6 Å². The Morgan fingerprint density at radius 2 is 1.63 bits per heavy atom. The van der Waals surface area contributed by atoms with Crippen molar-refractivity contribution in [2.45, 2.75) is 6.54 Å². The second kappa shape index (κ2) is 10.3.